The molecule has 1 aliphatic rings. The maximum absolute atomic E-state index is 3.65. The molecule has 0 spiro atoms. The highest BCUT2D eigenvalue weighted by molar-refractivity contribution is 14.1. The maximum Gasteiger partial charge on any atom is 0.0400 e. The monoisotopic (exact) mass is 392 g/mol. The number of nitrogens with zero attached hydrogens (tertiary/aromatic N) is 1. The third kappa shape index (κ3) is 4.45. The molecule has 1 unspecified atom stereocenters. The van der Waals surface area contributed by atoms with Gasteiger partial charge < -0.3 is 10.2 Å². The van der Waals surface area contributed by atoms with Crippen molar-refractivity contribution in [2.45, 2.75) is 18.9 Å². The average Bonchev–Trinajstić information content (AvgIpc) is 2.96. The molecule has 0 bridgehead atoms. The van der Waals surface area contributed by atoms with E-state index in [1.165, 1.54) is 27.8 Å². The zero-order chi connectivity index (χ0) is 14.5. The standard InChI is InChI=1S/C18H21IN2/c19-16-6-8-17(9-7-16)20-18-11-13-21(14-18)12-10-15-4-2-1-3-5-15/h1-9,18,20H,10-14H2. The molecule has 2 aromatic carbocycles. The van der Waals surface area contributed by atoms with Crippen molar-refractivity contribution in [1.82, 2.24) is 4.90 Å². The Morgan fingerprint density at radius 1 is 1.05 bits per heavy atom. The van der Waals surface area contributed by atoms with E-state index in [1.807, 2.05) is 0 Å². The zero-order valence-electron chi connectivity index (χ0n) is 12.1. The molecule has 0 saturated carbocycles. The van der Waals surface area contributed by atoms with Gasteiger partial charge in [-0.1, -0.05) is 30.3 Å². The summed E-state index contributed by atoms with van der Waals surface area (Å²) in [4.78, 5) is 2.57. The summed E-state index contributed by atoms with van der Waals surface area (Å²) in [5.41, 5.74) is 2.68. The van der Waals surface area contributed by atoms with Gasteiger partial charge in [-0.3, -0.25) is 0 Å². The van der Waals surface area contributed by atoms with E-state index < -0.39 is 0 Å². The molecule has 1 N–H and O–H groups in total. The Labute approximate surface area is 140 Å². The molecule has 110 valence electrons. The van der Waals surface area contributed by atoms with Crippen molar-refractivity contribution in [2.75, 3.05) is 25.0 Å². The molecule has 1 atom stereocenters. The average molecular weight is 392 g/mol. The highest BCUT2D eigenvalue weighted by atomic mass is 127. The van der Waals surface area contributed by atoms with Gasteiger partial charge in [-0.05, 0) is 65.3 Å². The minimum Gasteiger partial charge on any atom is -0.381 e. The van der Waals surface area contributed by atoms with E-state index in [-0.39, 0.29) is 0 Å². The van der Waals surface area contributed by atoms with Crippen LogP contribution in [0.5, 0.6) is 0 Å². The van der Waals surface area contributed by atoms with Crippen LogP contribution in [0.3, 0.4) is 0 Å². The summed E-state index contributed by atoms with van der Waals surface area (Å²) in [6.07, 6.45) is 2.39. The second-order valence-electron chi connectivity index (χ2n) is 5.67. The van der Waals surface area contributed by atoms with Gasteiger partial charge >= 0.3 is 0 Å². The predicted molar refractivity (Wildman–Crippen MR) is 97.8 cm³/mol. The number of rotatable bonds is 5. The van der Waals surface area contributed by atoms with Crippen LogP contribution in [0.15, 0.2) is 54.6 Å². The van der Waals surface area contributed by atoms with Gasteiger partial charge in [0, 0.05) is 34.9 Å². The summed E-state index contributed by atoms with van der Waals surface area (Å²) in [5, 5.41) is 3.65. The minimum absolute atomic E-state index is 0.584. The van der Waals surface area contributed by atoms with Gasteiger partial charge in [0.1, 0.15) is 0 Å². The van der Waals surface area contributed by atoms with Gasteiger partial charge in [-0.15, -0.1) is 0 Å². The van der Waals surface area contributed by atoms with Gasteiger partial charge in [0.15, 0.2) is 0 Å². The fraction of sp³-hybridized carbons (Fsp3) is 0.333. The SMILES string of the molecule is Ic1ccc(NC2CCN(CCc3ccccc3)C2)cc1. The van der Waals surface area contributed by atoms with Crippen LogP contribution in [-0.4, -0.2) is 30.6 Å². The summed E-state index contributed by atoms with van der Waals surface area (Å²) >= 11 is 2.34. The second-order valence-corrected chi connectivity index (χ2v) is 6.92. The Hall–Kier alpha value is -1.07. The summed E-state index contributed by atoms with van der Waals surface area (Å²) in [6, 6.07) is 20.0. The van der Waals surface area contributed by atoms with E-state index >= 15 is 0 Å². The van der Waals surface area contributed by atoms with Crippen molar-refractivity contribution < 1.29 is 0 Å². The first-order chi connectivity index (χ1) is 10.3. The molecule has 0 amide bonds. The minimum atomic E-state index is 0.584. The normalized spacial score (nSPS) is 18.8. The number of likely N-dealkylation sites (tertiary alicyclic amines) is 1. The summed E-state index contributed by atoms with van der Waals surface area (Å²) < 4.78 is 1.29. The van der Waals surface area contributed by atoms with E-state index in [4.69, 9.17) is 0 Å². The van der Waals surface area contributed by atoms with Gasteiger partial charge in [-0.25, -0.2) is 0 Å². The van der Waals surface area contributed by atoms with Crippen molar-refractivity contribution in [1.29, 1.82) is 0 Å². The molecule has 1 heterocycles. The summed E-state index contributed by atoms with van der Waals surface area (Å²) in [7, 11) is 0. The van der Waals surface area contributed by atoms with Crippen LogP contribution in [-0.2, 0) is 6.42 Å². The summed E-state index contributed by atoms with van der Waals surface area (Å²) in [5.74, 6) is 0. The van der Waals surface area contributed by atoms with Crippen molar-refractivity contribution in [2.24, 2.45) is 0 Å². The fourth-order valence-corrected chi connectivity index (χ4v) is 3.23. The van der Waals surface area contributed by atoms with Crippen LogP contribution in [0.4, 0.5) is 5.69 Å². The lowest BCUT2D eigenvalue weighted by Gasteiger charge is -2.17. The van der Waals surface area contributed by atoms with Gasteiger partial charge in [0.2, 0.25) is 0 Å². The molecule has 1 aliphatic heterocycles. The van der Waals surface area contributed by atoms with E-state index in [2.05, 4.69) is 87.4 Å². The predicted octanol–water partition coefficient (Wildman–Crippen LogP) is 4.02. The molecule has 1 fully saturated rings. The lowest BCUT2D eigenvalue weighted by Crippen LogP contribution is -2.27. The van der Waals surface area contributed by atoms with Crippen LogP contribution in [0.25, 0.3) is 0 Å². The van der Waals surface area contributed by atoms with E-state index in [9.17, 15) is 0 Å². The van der Waals surface area contributed by atoms with Crippen molar-refractivity contribution in [3.63, 3.8) is 0 Å². The lowest BCUT2D eigenvalue weighted by atomic mass is 10.1. The number of benzene rings is 2. The lowest BCUT2D eigenvalue weighted by molar-refractivity contribution is 0.341. The number of hydrogen-bond donors (Lipinski definition) is 1. The molecule has 0 aromatic heterocycles. The van der Waals surface area contributed by atoms with E-state index in [0.717, 1.165) is 19.5 Å². The largest absolute Gasteiger partial charge is 0.381 e. The first-order valence-electron chi connectivity index (χ1n) is 7.58. The maximum atomic E-state index is 3.65. The van der Waals surface area contributed by atoms with Crippen molar-refractivity contribution >= 4 is 28.3 Å². The highest BCUT2D eigenvalue weighted by Gasteiger charge is 2.21. The van der Waals surface area contributed by atoms with E-state index in [0.29, 0.717) is 6.04 Å². The van der Waals surface area contributed by atoms with Gasteiger partial charge in [-0.2, -0.15) is 0 Å². The Balaban J connectivity index is 1.46. The Kier molecular flexibility index (Phi) is 5.14. The Morgan fingerprint density at radius 3 is 2.57 bits per heavy atom. The second kappa shape index (κ2) is 7.27. The van der Waals surface area contributed by atoms with E-state index in [1.54, 1.807) is 0 Å². The van der Waals surface area contributed by atoms with Gasteiger partial charge in [0.25, 0.3) is 0 Å². The molecule has 3 heteroatoms. The number of halogens is 1. The molecule has 0 aliphatic carbocycles. The first kappa shape index (κ1) is 14.9. The molecule has 3 rings (SSSR count). The molecule has 21 heavy (non-hydrogen) atoms. The highest BCUT2D eigenvalue weighted by Crippen LogP contribution is 2.17. The third-order valence-electron chi connectivity index (χ3n) is 4.05. The molecule has 0 radical (unpaired) electrons. The number of hydrogen-bond acceptors (Lipinski definition) is 2. The Bertz CT molecular complexity index is 553. The molecular formula is C18H21IN2. The van der Waals surface area contributed by atoms with Crippen LogP contribution >= 0.6 is 22.6 Å². The third-order valence-corrected chi connectivity index (χ3v) is 4.77. The van der Waals surface area contributed by atoms with Crippen molar-refractivity contribution in [3.05, 3.63) is 63.7 Å². The smallest absolute Gasteiger partial charge is 0.0400 e. The number of nitrogens with one attached hydrogen (secondary N) is 1. The molecular weight excluding hydrogens is 371 g/mol. The van der Waals surface area contributed by atoms with Crippen LogP contribution in [0.1, 0.15) is 12.0 Å². The van der Waals surface area contributed by atoms with Crippen LogP contribution in [0, 0.1) is 3.57 Å². The quantitative estimate of drug-likeness (QED) is 0.774. The molecule has 2 aromatic rings. The molecule has 1 saturated heterocycles. The van der Waals surface area contributed by atoms with Crippen LogP contribution < -0.4 is 5.32 Å². The van der Waals surface area contributed by atoms with Crippen molar-refractivity contribution in [3.8, 4) is 0 Å². The van der Waals surface area contributed by atoms with Gasteiger partial charge in [0.05, 0.1) is 0 Å². The Morgan fingerprint density at radius 2 is 1.81 bits per heavy atom. The summed E-state index contributed by atoms with van der Waals surface area (Å²) in [6.45, 7) is 3.52. The number of anilines is 1. The fourth-order valence-electron chi connectivity index (χ4n) is 2.87. The first-order valence-corrected chi connectivity index (χ1v) is 8.66. The molecule has 2 nitrogen and oxygen atoms in total. The van der Waals surface area contributed by atoms with Crippen LogP contribution in [0.2, 0.25) is 0 Å². The topological polar surface area (TPSA) is 15.3 Å². The zero-order valence-corrected chi connectivity index (χ0v) is 14.3.